The zero-order valence-electron chi connectivity index (χ0n) is 18.8. The third-order valence-corrected chi connectivity index (χ3v) is 4.61. The number of esters is 1. The van der Waals surface area contributed by atoms with E-state index in [4.69, 9.17) is 14.2 Å². The monoisotopic (exact) mass is 461 g/mol. The predicted octanol–water partition coefficient (Wildman–Crippen LogP) is 3.32. The maximum Gasteiger partial charge on any atom is 0.343 e. The number of nitrogens with one attached hydrogen (secondary N) is 2. The number of rotatable bonds is 7. The molecule has 0 aliphatic rings. The van der Waals surface area contributed by atoms with Crippen LogP contribution in [-0.2, 0) is 9.59 Å². The van der Waals surface area contributed by atoms with Gasteiger partial charge in [0.05, 0.1) is 26.0 Å². The van der Waals surface area contributed by atoms with Gasteiger partial charge in [0, 0.05) is 5.69 Å². The number of hydrazone groups is 1. The highest BCUT2D eigenvalue weighted by Gasteiger charge is 2.14. The molecule has 0 fully saturated rings. The lowest BCUT2D eigenvalue weighted by molar-refractivity contribution is -0.136. The van der Waals surface area contributed by atoms with E-state index in [1.807, 2.05) is 19.1 Å². The van der Waals surface area contributed by atoms with Crippen LogP contribution in [0.1, 0.15) is 21.5 Å². The summed E-state index contributed by atoms with van der Waals surface area (Å²) in [6.45, 7) is 1.92. The number of carbonyl (C=O) groups excluding carboxylic acids is 3. The van der Waals surface area contributed by atoms with Crippen LogP contribution < -0.4 is 25.0 Å². The summed E-state index contributed by atoms with van der Waals surface area (Å²) in [4.78, 5) is 36.2. The first-order valence-corrected chi connectivity index (χ1v) is 10.1. The molecule has 2 amide bonds. The van der Waals surface area contributed by atoms with Crippen LogP contribution in [0.2, 0.25) is 0 Å². The van der Waals surface area contributed by atoms with Crippen molar-refractivity contribution >= 4 is 29.7 Å². The fraction of sp³-hybridized carbons (Fsp3) is 0.120. The summed E-state index contributed by atoms with van der Waals surface area (Å²) in [5.74, 6) is -1.07. The van der Waals surface area contributed by atoms with Crippen molar-refractivity contribution in [2.75, 3.05) is 19.5 Å². The van der Waals surface area contributed by atoms with Gasteiger partial charge in [-0.25, -0.2) is 10.2 Å². The summed E-state index contributed by atoms with van der Waals surface area (Å²) < 4.78 is 15.7. The molecule has 174 valence electrons. The third kappa shape index (κ3) is 6.42. The van der Waals surface area contributed by atoms with Gasteiger partial charge < -0.3 is 19.5 Å². The number of benzene rings is 3. The van der Waals surface area contributed by atoms with Gasteiger partial charge >= 0.3 is 17.8 Å². The Hall–Kier alpha value is -4.66. The Morgan fingerprint density at radius 2 is 1.50 bits per heavy atom. The molecule has 0 aliphatic carbocycles. The lowest BCUT2D eigenvalue weighted by Gasteiger charge is -2.09. The summed E-state index contributed by atoms with van der Waals surface area (Å²) in [6.07, 6.45) is 1.36. The minimum absolute atomic E-state index is 0.301. The van der Waals surface area contributed by atoms with Crippen LogP contribution in [0.5, 0.6) is 17.2 Å². The minimum atomic E-state index is -0.905. The molecule has 0 spiro atoms. The molecule has 0 aliphatic heterocycles. The predicted molar refractivity (Wildman–Crippen MR) is 126 cm³/mol. The lowest BCUT2D eigenvalue weighted by Crippen LogP contribution is -2.32. The first-order chi connectivity index (χ1) is 16.4. The molecule has 3 aromatic carbocycles. The second-order valence-corrected chi connectivity index (χ2v) is 7.05. The second kappa shape index (κ2) is 11.3. The molecule has 0 aromatic heterocycles. The Morgan fingerprint density at radius 1 is 0.824 bits per heavy atom. The van der Waals surface area contributed by atoms with E-state index in [0.717, 1.165) is 5.56 Å². The molecule has 0 unspecified atom stereocenters. The molecule has 3 aromatic rings. The first-order valence-electron chi connectivity index (χ1n) is 10.1. The molecule has 0 radical (unpaired) electrons. The molecule has 0 heterocycles. The van der Waals surface area contributed by atoms with Crippen molar-refractivity contribution in [3.05, 3.63) is 83.4 Å². The Morgan fingerprint density at radius 3 is 2.15 bits per heavy atom. The van der Waals surface area contributed by atoms with Gasteiger partial charge in [0.2, 0.25) is 0 Å². The highest BCUT2D eigenvalue weighted by atomic mass is 16.5. The summed E-state index contributed by atoms with van der Waals surface area (Å²) in [5, 5.41) is 6.26. The number of ether oxygens (including phenoxy) is 3. The van der Waals surface area contributed by atoms with Gasteiger partial charge in [0.25, 0.3) is 0 Å². The number of anilines is 1. The van der Waals surface area contributed by atoms with Crippen molar-refractivity contribution in [2.45, 2.75) is 6.92 Å². The SMILES string of the molecule is COc1ccc(C(=O)Oc2ccc(C=NNC(=O)C(=O)Nc3ccc(C)cc3)cc2)cc1OC. The molecule has 2 N–H and O–H groups in total. The van der Waals surface area contributed by atoms with Crippen molar-refractivity contribution in [1.82, 2.24) is 5.43 Å². The normalized spacial score (nSPS) is 10.4. The lowest BCUT2D eigenvalue weighted by atomic mass is 10.2. The van der Waals surface area contributed by atoms with Crippen molar-refractivity contribution < 1.29 is 28.6 Å². The molecule has 0 saturated heterocycles. The van der Waals surface area contributed by atoms with Crippen LogP contribution in [0.3, 0.4) is 0 Å². The van der Waals surface area contributed by atoms with Gasteiger partial charge in [0.1, 0.15) is 5.75 Å². The topological polar surface area (TPSA) is 115 Å². The van der Waals surface area contributed by atoms with Crippen LogP contribution in [0, 0.1) is 6.92 Å². The number of hydrogen-bond acceptors (Lipinski definition) is 7. The Labute approximate surface area is 196 Å². The zero-order valence-corrected chi connectivity index (χ0v) is 18.8. The van der Waals surface area contributed by atoms with E-state index in [2.05, 4.69) is 15.8 Å². The van der Waals surface area contributed by atoms with E-state index >= 15 is 0 Å². The average Bonchev–Trinajstić information content (AvgIpc) is 2.85. The van der Waals surface area contributed by atoms with Gasteiger partial charge in [-0.2, -0.15) is 5.10 Å². The molecular formula is C25H23N3O6. The molecular weight excluding hydrogens is 438 g/mol. The average molecular weight is 461 g/mol. The highest BCUT2D eigenvalue weighted by molar-refractivity contribution is 6.39. The molecule has 0 saturated carbocycles. The summed E-state index contributed by atoms with van der Waals surface area (Å²) in [7, 11) is 2.98. The molecule has 34 heavy (non-hydrogen) atoms. The van der Waals surface area contributed by atoms with Crippen molar-refractivity contribution in [3.63, 3.8) is 0 Å². The molecule has 9 nitrogen and oxygen atoms in total. The second-order valence-electron chi connectivity index (χ2n) is 7.05. The largest absolute Gasteiger partial charge is 0.493 e. The third-order valence-electron chi connectivity index (χ3n) is 4.61. The Balaban J connectivity index is 1.53. The van der Waals surface area contributed by atoms with Crippen LogP contribution in [0.15, 0.2) is 71.8 Å². The number of aryl methyl sites for hydroxylation is 1. The van der Waals surface area contributed by atoms with Gasteiger partial charge in [-0.3, -0.25) is 9.59 Å². The van der Waals surface area contributed by atoms with E-state index in [1.165, 1.54) is 26.5 Å². The molecule has 3 rings (SSSR count). The standard InChI is InChI=1S/C25H23N3O6/c1-16-4-9-19(10-5-16)27-23(29)24(30)28-26-15-17-6-11-20(12-7-17)34-25(31)18-8-13-21(32-2)22(14-18)33-3/h4-15H,1-3H3,(H,27,29)(H,28,30). The van der Waals surface area contributed by atoms with Crippen LogP contribution >= 0.6 is 0 Å². The summed E-state index contributed by atoms with van der Waals surface area (Å²) in [6, 6.07) is 18.2. The number of carbonyl (C=O) groups is 3. The van der Waals surface area contributed by atoms with E-state index in [-0.39, 0.29) is 0 Å². The van der Waals surface area contributed by atoms with Crippen LogP contribution in [-0.4, -0.2) is 38.2 Å². The molecule has 9 heteroatoms. The zero-order chi connectivity index (χ0) is 24.5. The number of hydrogen-bond donors (Lipinski definition) is 2. The smallest absolute Gasteiger partial charge is 0.343 e. The highest BCUT2D eigenvalue weighted by Crippen LogP contribution is 2.28. The minimum Gasteiger partial charge on any atom is -0.493 e. The first kappa shape index (κ1) is 24.0. The summed E-state index contributed by atoms with van der Waals surface area (Å²) >= 11 is 0. The van der Waals surface area contributed by atoms with Crippen LogP contribution in [0.4, 0.5) is 5.69 Å². The number of methoxy groups -OCH3 is 2. The van der Waals surface area contributed by atoms with Crippen molar-refractivity contribution in [3.8, 4) is 17.2 Å². The fourth-order valence-electron chi connectivity index (χ4n) is 2.79. The van der Waals surface area contributed by atoms with Gasteiger partial charge in [-0.15, -0.1) is 0 Å². The van der Waals surface area contributed by atoms with E-state index in [0.29, 0.717) is 34.1 Å². The van der Waals surface area contributed by atoms with Crippen molar-refractivity contribution in [1.29, 1.82) is 0 Å². The molecule has 0 atom stereocenters. The quantitative estimate of drug-likeness (QED) is 0.183. The van der Waals surface area contributed by atoms with E-state index < -0.39 is 17.8 Å². The van der Waals surface area contributed by atoms with Crippen molar-refractivity contribution in [2.24, 2.45) is 5.10 Å². The maximum atomic E-state index is 12.4. The Bertz CT molecular complexity index is 1200. The Kier molecular flexibility index (Phi) is 7.96. The van der Waals surface area contributed by atoms with E-state index in [9.17, 15) is 14.4 Å². The number of amides is 2. The number of nitrogens with zero attached hydrogens (tertiary/aromatic N) is 1. The van der Waals surface area contributed by atoms with Crippen LogP contribution in [0.25, 0.3) is 0 Å². The van der Waals surface area contributed by atoms with Gasteiger partial charge in [-0.05, 0) is 67.1 Å². The van der Waals surface area contributed by atoms with Gasteiger partial charge in [0.15, 0.2) is 11.5 Å². The summed E-state index contributed by atoms with van der Waals surface area (Å²) in [5.41, 5.74) is 4.62. The van der Waals surface area contributed by atoms with E-state index in [1.54, 1.807) is 48.5 Å². The molecule has 0 bridgehead atoms. The van der Waals surface area contributed by atoms with Gasteiger partial charge in [-0.1, -0.05) is 17.7 Å². The fourth-order valence-corrected chi connectivity index (χ4v) is 2.79. The maximum absolute atomic E-state index is 12.4.